The minimum absolute atomic E-state index is 0.0273. The molecule has 1 N–H and O–H groups in total. The Kier molecular flexibility index (Phi) is 3.87. The van der Waals surface area contributed by atoms with Crippen molar-refractivity contribution in [2.45, 2.75) is 13.0 Å². The van der Waals surface area contributed by atoms with Gasteiger partial charge < -0.3 is 9.84 Å². The predicted octanol–water partition coefficient (Wildman–Crippen LogP) is 2.22. The molecule has 1 aromatic heterocycles. The topological polar surface area (TPSA) is 72.3 Å². The molecule has 5 heteroatoms. The van der Waals surface area contributed by atoms with E-state index in [4.69, 9.17) is 9.84 Å². The summed E-state index contributed by atoms with van der Waals surface area (Å²) in [5.74, 6) is -0.722. The van der Waals surface area contributed by atoms with Crippen LogP contribution in [0.25, 0.3) is 0 Å². The fourth-order valence-electron chi connectivity index (χ4n) is 1.84. The molecule has 1 atom stereocenters. The lowest BCUT2D eigenvalue weighted by Gasteiger charge is -2.15. The Morgan fingerprint density at radius 1 is 1.26 bits per heavy atom. The molecule has 0 amide bonds. The van der Waals surface area contributed by atoms with Crippen LogP contribution in [0, 0.1) is 6.92 Å². The third-order valence-electron chi connectivity index (χ3n) is 2.66. The normalized spacial score (nSPS) is 12.1. The molecule has 0 saturated heterocycles. The maximum atomic E-state index is 11.0. The maximum absolute atomic E-state index is 11.0. The van der Waals surface area contributed by atoms with E-state index < -0.39 is 12.1 Å². The van der Waals surface area contributed by atoms with Crippen LogP contribution in [-0.2, 0) is 4.74 Å². The van der Waals surface area contributed by atoms with E-state index in [-0.39, 0.29) is 5.69 Å². The van der Waals surface area contributed by atoms with Crippen molar-refractivity contribution in [3.05, 3.63) is 59.2 Å². The van der Waals surface area contributed by atoms with E-state index in [1.807, 2.05) is 30.3 Å². The average Bonchev–Trinajstić information content (AvgIpc) is 2.40. The molecule has 1 heterocycles. The minimum atomic E-state index is -1.07. The molecule has 1 unspecified atom stereocenters. The van der Waals surface area contributed by atoms with E-state index in [2.05, 4.69) is 9.97 Å². The van der Waals surface area contributed by atoms with Crippen LogP contribution in [-0.4, -0.2) is 28.2 Å². The van der Waals surface area contributed by atoms with Crippen LogP contribution < -0.4 is 0 Å². The van der Waals surface area contributed by atoms with E-state index in [0.717, 1.165) is 5.56 Å². The minimum Gasteiger partial charge on any atom is -0.477 e. The Bertz CT molecular complexity index is 584. The summed E-state index contributed by atoms with van der Waals surface area (Å²) in [6.07, 6.45) is -0.473. The second-order valence-corrected chi connectivity index (χ2v) is 4.08. The molecule has 2 rings (SSSR count). The van der Waals surface area contributed by atoms with Crippen molar-refractivity contribution < 1.29 is 14.6 Å². The highest BCUT2D eigenvalue weighted by Crippen LogP contribution is 2.22. The average molecular weight is 258 g/mol. The highest BCUT2D eigenvalue weighted by atomic mass is 16.5. The quantitative estimate of drug-likeness (QED) is 0.910. The Labute approximate surface area is 110 Å². The lowest BCUT2D eigenvalue weighted by Crippen LogP contribution is -2.13. The number of carbonyl (C=O) groups is 1. The summed E-state index contributed by atoms with van der Waals surface area (Å²) in [6.45, 7) is 1.73. The second kappa shape index (κ2) is 5.58. The fourth-order valence-corrected chi connectivity index (χ4v) is 1.84. The first-order valence-electron chi connectivity index (χ1n) is 5.78. The summed E-state index contributed by atoms with van der Waals surface area (Å²) in [5.41, 5.74) is 1.45. The van der Waals surface area contributed by atoms with Gasteiger partial charge in [-0.1, -0.05) is 30.3 Å². The summed E-state index contributed by atoms with van der Waals surface area (Å²) in [6, 6.07) is 10.9. The predicted molar refractivity (Wildman–Crippen MR) is 69.0 cm³/mol. The molecule has 0 spiro atoms. The zero-order valence-electron chi connectivity index (χ0n) is 10.7. The Balaban J connectivity index is 2.47. The van der Waals surface area contributed by atoms with E-state index in [0.29, 0.717) is 11.5 Å². The molecule has 0 fully saturated rings. The van der Waals surface area contributed by atoms with Crippen LogP contribution in [0.4, 0.5) is 0 Å². The zero-order valence-corrected chi connectivity index (χ0v) is 10.7. The first-order valence-corrected chi connectivity index (χ1v) is 5.78. The van der Waals surface area contributed by atoms with Crippen LogP contribution in [0.1, 0.15) is 33.7 Å². The summed E-state index contributed by atoms with van der Waals surface area (Å²) in [5, 5.41) is 9.03. The highest BCUT2D eigenvalue weighted by molar-refractivity contribution is 5.85. The van der Waals surface area contributed by atoms with Crippen molar-refractivity contribution in [3.63, 3.8) is 0 Å². The number of nitrogens with zero attached hydrogens (tertiary/aromatic N) is 2. The molecule has 0 bridgehead atoms. The summed E-state index contributed by atoms with van der Waals surface area (Å²) >= 11 is 0. The number of hydrogen-bond donors (Lipinski definition) is 1. The standard InChI is InChI=1S/C14H14N2O3/c1-9-8-11(14(17)18)16-13(15-9)12(19-2)10-6-4-3-5-7-10/h3-8,12H,1-2H3,(H,17,18). The molecule has 0 radical (unpaired) electrons. The van der Waals surface area contributed by atoms with E-state index >= 15 is 0 Å². The van der Waals surface area contributed by atoms with Gasteiger partial charge in [-0.15, -0.1) is 0 Å². The van der Waals surface area contributed by atoms with Crippen LogP contribution in [0.2, 0.25) is 0 Å². The molecule has 1 aromatic carbocycles. The number of methoxy groups -OCH3 is 1. The zero-order chi connectivity index (χ0) is 13.8. The van der Waals surface area contributed by atoms with Gasteiger partial charge in [0.2, 0.25) is 0 Å². The molecule has 2 aromatic rings. The third-order valence-corrected chi connectivity index (χ3v) is 2.66. The molecule has 5 nitrogen and oxygen atoms in total. The van der Waals surface area contributed by atoms with Gasteiger partial charge in [0.15, 0.2) is 11.5 Å². The van der Waals surface area contributed by atoms with Gasteiger partial charge in [0.1, 0.15) is 6.10 Å². The second-order valence-electron chi connectivity index (χ2n) is 4.08. The van der Waals surface area contributed by atoms with E-state index in [1.54, 1.807) is 14.0 Å². The Hall–Kier alpha value is -2.27. The number of hydrogen-bond acceptors (Lipinski definition) is 4. The van der Waals surface area contributed by atoms with E-state index in [1.165, 1.54) is 6.07 Å². The van der Waals surface area contributed by atoms with Crippen molar-refractivity contribution in [2.24, 2.45) is 0 Å². The molecule has 0 aliphatic heterocycles. The number of aryl methyl sites for hydroxylation is 1. The number of carboxylic acids is 1. The first-order chi connectivity index (χ1) is 9.11. The smallest absolute Gasteiger partial charge is 0.354 e. The molecule has 19 heavy (non-hydrogen) atoms. The summed E-state index contributed by atoms with van der Waals surface area (Å²) in [4.78, 5) is 19.3. The van der Waals surface area contributed by atoms with Crippen LogP contribution in [0.5, 0.6) is 0 Å². The molecule has 0 aliphatic rings. The number of aromatic nitrogens is 2. The molecule has 98 valence electrons. The van der Waals surface area contributed by atoms with Gasteiger partial charge in [0.05, 0.1) is 0 Å². The van der Waals surface area contributed by atoms with Crippen molar-refractivity contribution in [2.75, 3.05) is 7.11 Å². The molecule has 0 aliphatic carbocycles. The number of aromatic carboxylic acids is 1. The van der Waals surface area contributed by atoms with Crippen LogP contribution in [0.15, 0.2) is 36.4 Å². The number of benzene rings is 1. The SMILES string of the molecule is COC(c1ccccc1)c1nc(C)cc(C(=O)O)n1. The number of rotatable bonds is 4. The highest BCUT2D eigenvalue weighted by Gasteiger charge is 2.19. The monoisotopic (exact) mass is 258 g/mol. The van der Waals surface area contributed by atoms with Gasteiger partial charge in [-0.3, -0.25) is 0 Å². The first kappa shape index (κ1) is 13.2. The van der Waals surface area contributed by atoms with Gasteiger partial charge in [-0.25, -0.2) is 14.8 Å². The molecule has 0 saturated carbocycles. The van der Waals surface area contributed by atoms with Gasteiger partial charge in [0.25, 0.3) is 0 Å². The van der Waals surface area contributed by atoms with Crippen molar-refractivity contribution in [3.8, 4) is 0 Å². The van der Waals surface area contributed by atoms with Crippen molar-refractivity contribution >= 4 is 5.97 Å². The van der Waals surface area contributed by atoms with Gasteiger partial charge in [0, 0.05) is 12.8 Å². The summed E-state index contributed by atoms with van der Waals surface area (Å²) < 4.78 is 5.39. The van der Waals surface area contributed by atoms with Crippen LogP contribution in [0.3, 0.4) is 0 Å². The number of carboxylic acid groups (broad SMARTS) is 1. The number of ether oxygens (including phenoxy) is 1. The van der Waals surface area contributed by atoms with Gasteiger partial charge in [-0.2, -0.15) is 0 Å². The van der Waals surface area contributed by atoms with Crippen molar-refractivity contribution in [1.29, 1.82) is 0 Å². The molecular weight excluding hydrogens is 244 g/mol. The lowest BCUT2D eigenvalue weighted by atomic mass is 10.1. The van der Waals surface area contributed by atoms with Crippen molar-refractivity contribution in [1.82, 2.24) is 9.97 Å². The maximum Gasteiger partial charge on any atom is 0.354 e. The molecular formula is C14H14N2O3. The Morgan fingerprint density at radius 2 is 1.95 bits per heavy atom. The van der Waals surface area contributed by atoms with Gasteiger partial charge >= 0.3 is 5.97 Å². The van der Waals surface area contributed by atoms with Crippen LogP contribution >= 0.6 is 0 Å². The largest absolute Gasteiger partial charge is 0.477 e. The lowest BCUT2D eigenvalue weighted by molar-refractivity contribution is 0.0687. The third kappa shape index (κ3) is 2.95. The van der Waals surface area contributed by atoms with E-state index in [9.17, 15) is 4.79 Å². The Morgan fingerprint density at radius 3 is 2.53 bits per heavy atom. The summed E-state index contributed by atoms with van der Waals surface area (Å²) in [7, 11) is 1.55. The van der Waals surface area contributed by atoms with Gasteiger partial charge in [-0.05, 0) is 18.6 Å². The fraction of sp³-hybridized carbons (Fsp3) is 0.214.